The van der Waals surface area contributed by atoms with Gasteiger partial charge in [-0.15, -0.1) is 0 Å². The molecular weight excluding hydrogens is 226 g/mol. The third-order valence-electron chi connectivity index (χ3n) is 2.94. The Morgan fingerprint density at radius 1 is 1.39 bits per heavy atom. The van der Waals surface area contributed by atoms with Crippen LogP contribution < -0.4 is 11.1 Å². The van der Waals surface area contributed by atoms with Gasteiger partial charge in [-0.3, -0.25) is 4.79 Å². The highest BCUT2D eigenvalue weighted by Gasteiger charge is 2.18. The molecule has 0 spiro atoms. The van der Waals surface area contributed by atoms with Crippen LogP contribution in [0.1, 0.15) is 22.7 Å². The van der Waals surface area contributed by atoms with E-state index >= 15 is 0 Å². The number of nitrogens with zero attached hydrogens (tertiary/aromatic N) is 1. The zero-order valence-corrected chi connectivity index (χ0v) is 11.7. The van der Waals surface area contributed by atoms with E-state index in [1.54, 1.807) is 0 Å². The van der Waals surface area contributed by atoms with Crippen molar-refractivity contribution >= 4 is 5.91 Å². The van der Waals surface area contributed by atoms with Gasteiger partial charge in [0.1, 0.15) is 6.04 Å². The van der Waals surface area contributed by atoms with Gasteiger partial charge in [-0.05, 0) is 39.1 Å². The number of amides is 1. The molecule has 4 heteroatoms. The Bertz CT molecular complexity index is 416. The van der Waals surface area contributed by atoms with Crippen molar-refractivity contribution in [3.05, 3.63) is 34.9 Å². The Kier molecular flexibility index (Phi) is 5.31. The largest absolute Gasteiger partial charge is 0.368 e. The lowest BCUT2D eigenvalue weighted by Crippen LogP contribution is -2.37. The van der Waals surface area contributed by atoms with Gasteiger partial charge in [-0.25, -0.2) is 0 Å². The Morgan fingerprint density at radius 2 is 2.06 bits per heavy atom. The Hall–Kier alpha value is -1.39. The summed E-state index contributed by atoms with van der Waals surface area (Å²) in [5.74, 6) is -0.331. The quantitative estimate of drug-likeness (QED) is 0.790. The normalized spacial score (nSPS) is 12.7. The smallest absolute Gasteiger partial charge is 0.239 e. The Balaban J connectivity index is 2.84. The zero-order chi connectivity index (χ0) is 13.7. The number of likely N-dealkylation sites (N-methyl/N-ethyl adjacent to an activating group) is 1. The molecule has 0 bridgehead atoms. The number of primary amides is 1. The summed E-state index contributed by atoms with van der Waals surface area (Å²) in [6.07, 6.45) is 0. The Labute approximate surface area is 109 Å². The minimum atomic E-state index is -0.412. The van der Waals surface area contributed by atoms with Crippen molar-refractivity contribution in [1.82, 2.24) is 10.2 Å². The summed E-state index contributed by atoms with van der Waals surface area (Å²) in [5, 5.41) is 3.22. The van der Waals surface area contributed by atoms with Crippen molar-refractivity contribution in [1.29, 1.82) is 0 Å². The molecule has 0 fully saturated rings. The predicted molar refractivity (Wildman–Crippen MR) is 74.4 cm³/mol. The molecular formula is C14H23N3O. The topological polar surface area (TPSA) is 58.4 Å². The van der Waals surface area contributed by atoms with E-state index in [9.17, 15) is 4.79 Å². The lowest BCUT2D eigenvalue weighted by molar-refractivity contribution is -0.120. The van der Waals surface area contributed by atoms with Crippen molar-refractivity contribution in [2.45, 2.75) is 19.9 Å². The first-order chi connectivity index (χ1) is 8.41. The van der Waals surface area contributed by atoms with Gasteiger partial charge in [0.15, 0.2) is 0 Å². The molecule has 1 atom stereocenters. The highest BCUT2D eigenvalue weighted by Crippen LogP contribution is 2.19. The first-order valence-corrected chi connectivity index (χ1v) is 6.16. The maximum atomic E-state index is 11.6. The summed E-state index contributed by atoms with van der Waals surface area (Å²) in [6.45, 7) is 5.61. The van der Waals surface area contributed by atoms with Crippen molar-refractivity contribution in [3.8, 4) is 0 Å². The molecule has 0 aromatic heterocycles. The fourth-order valence-electron chi connectivity index (χ4n) is 1.87. The van der Waals surface area contributed by atoms with Gasteiger partial charge in [0.2, 0.25) is 5.91 Å². The molecule has 0 aliphatic heterocycles. The minimum Gasteiger partial charge on any atom is -0.368 e. The summed E-state index contributed by atoms with van der Waals surface area (Å²) in [6, 6.07) is 5.67. The fraction of sp³-hybridized carbons (Fsp3) is 0.500. The first kappa shape index (κ1) is 14.7. The van der Waals surface area contributed by atoms with Crippen LogP contribution in [0.2, 0.25) is 0 Å². The van der Waals surface area contributed by atoms with E-state index in [2.05, 4.69) is 10.2 Å². The van der Waals surface area contributed by atoms with Crippen molar-refractivity contribution < 1.29 is 4.79 Å². The second-order valence-corrected chi connectivity index (χ2v) is 4.95. The molecule has 0 radical (unpaired) electrons. The average Bonchev–Trinajstić information content (AvgIpc) is 2.27. The van der Waals surface area contributed by atoms with Crippen LogP contribution in [0.5, 0.6) is 0 Å². The van der Waals surface area contributed by atoms with Crippen molar-refractivity contribution in [2.75, 3.05) is 27.2 Å². The number of aryl methyl sites for hydroxylation is 2. The predicted octanol–water partition coefficient (Wildman–Crippen LogP) is 0.981. The molecule has 1 unspecified atom stereocenters. The van der Waals surface area contributed by atoms with E-state index in [4.69, 9.17) is 5.73 Å². The molecule has 0 aliphatic carbocycles. The summed E-state index contributed by atoms with van der Waals surface area (Å²) >= 11 is 0. The van der Waals surface area contributed by atoms with Crippen molar-refractivity contribution in [3.63, 3.8) is 0 Å². The van der Waals surface area contributed by atoms with Gasteiger partial charge in [0.05, 0.1) is 0 Å². The van der Waals surface area contributed by atoms with E-state index < -0.39 is 6.04 Å². The van der Waals surface area contributed by atoms with Crippen molar-refractivity contribution in [2.24, 2.45) is 5.73 Å². The van der Waals surface area contributed by atoms with Gasteiger partial charge in [0.25, 0.3) is 0 Å². The van der Waals surface area contributed by atoms with E-state index in [1.807, 2.05) is 46.1 Å². The second kappa shape index (κ2) is 6.52. The molecule has 1 amide bonds. The van der Waals surface area contributed by atoms with E-state index in [1.165, 1.54) is 0 Å². The molecule has 0 saturated heterocycles. The number of hydrogen-bond donors (Lipinski definition) is 2. The molecule has 0 saturated carbocycles. The third-order valence-corrected chi connectivity index (χ3v) is 2.94. The summed E-state index contributed by atoms with van der Waals surface area (Å²) in [5.41, 5.74) is 8.68. The summed E-state index contributed by atoms with van der Waals surface area (Å²) in [4.78, 5) is 13.6. The second-order valence-electron chi connectivity index (χ2n) is 4.95. The number of carbonyl (C=O) groups excluding carboxylic acids is 1. The number of benzene rings is 1. The van der Waals surface area contributed by atoms with E-state index in [0.717, 1.165) is 29.8 Å². The van der Waals surface area contributed by atoms with Gasteiger partial charge < -0.3 is 16.0 Å². The van der Waals surface area contributed by atoms with E-state index in [0.29, 0.717) is 0 Å². The van der Waals surface area contributed by atoms with Gasteiger partial charge in [-0.1, -0.05) is 23.8 Å². The zero-order valence-electron chi connectivity index (χ0n) is 11.7. The number of hydrogen-bond acceptors (Lipinski definition) is 3. The number of rotatable bonds is 6. The molecule has 1 aromatic rings. The summed E-state index contributed by atoms with van der Waals surface area (Å²) in [7, 11) is 4.00. The Morgan fingerprint density at radius 3 is 2.61 bits per heavy atom. The van der Waals surface area contributed by atoms with Gasteiger partial charge >= 0.3 is 0 Å². The third kappa shape index (κ3) is 4.13. The standard InChI is InChI=1S/C14H23N3O/c1-10-5-6-11(2)12(9-10)13(14(15)18)16-7-8-17(3)4/h5-6,9,13,16H,7-8H2,1-4H3,(H2,15,18). The molecule has 100 valence electrons. The van der Waals surface area contributed by atoms with Crippen LogP contribution in [-0.4, -0.2) is 38.0 Å². The molecule has 3 N–H and O–H groups in total. The lowest BCUT2D eigenvalue weighted by Gasteiger charge is -2.20. The first-order valence-electron chi connectivity index (χ1n) is 6.16. The monoisotopic (exact) mass is 249 g/mol. The number of nitrogens with two attached hydrogens (primary N) is 1. The lowest BCUT2D eigenvalue weighted by atomic mass is 9.98. The van der Waals surface area contributed by atoms with Gasteiger partial charge in [0, 0.05) is 13.1 Å². The average molecular weight is 249 g/mol. The maximum Gasteiger partial charge on any atom is 0.239 e. The highest BCUT2D eigenvalue weighted by atomic mass is 16.1. The fourth-order valence-corrected chi connectivity index (χ4v) is 1.87. The maximum absolute atomic E-state index is 11.6. The van der Waals surface area contributed by atoms with Crippen LogP contribution in [0.3, 0.4) is 0 Å². The number of nitrogens with one attached hydrogen (secondary N) is 1. The minimum absolute atomic E-state index is 0.331. The van der Waals surface area contributed by atoms with Crippen LogP contribution in [-0.2, 0) is 4.79 Å². The molecule has 0 aliphatic rings. The SMILES string of the molecule is Cc1ccc(C)c(C(NCCN(C)C)C(N)=O)c1. The molecule has 1 rings (SSSR count). The van der Waals surface area contributed by atoms with Crippen LogP contribution in [0.25, 0.3) is 0 Å². The van der Waals surface area contributed by atoms with E-state index in [-0.39, 0.29) is 5.91 Å². The molecule has 0 heterocycles. The highest BCUT2D eigenvalue weighted by molar-refractivity contribution is 5.82. The number of carbonyl (C=O) groups is 1. The van der Waals surface area contributed by atoms with Crippen LogP contribution in [0.4, 0.5) is 0 Å². The molecule has 1 aromatic carbocycles. The summed E-state index contributed by atoms with van der Waals surface area (Å²) < 4.78 is 0. The molecule has 18 heavy (non-hydrogen) atoms. The van der Waals surface area contributed by atoms with Gasteiger partial charge in [-0.2, -0.15) is 0 Å². The van der Waals surface area contributed by atoms with Crippen LogP contribution >= 0.6 is 0 Å². The molecule has 4 nitrogen and oxygen atoms in total. The van der Waals surface area contributed by atoms with Crippen LogP contribution in [0, 0.1) is 13.8 Å². The van der Waals surface area contributed by atoms with Crippen LogP contribution in [0.15, 0.2) is 18.2 Å².